The summed E-state index contributed by atoms with van der Waals surface area (Å²) in [6, 6.07) is 6.21. The summed E-state index contributed by atoms with van der Waals surface area (Å²) in [5.74, 6) is 1.87. The zero-order valence-electron chi connectivity index (χ0n) is 17.3. The number of hydrogen-bond donors (Lipinski definition) is 0. The Morgan fingerprint density at radius 3 is 3.00 bits per heavy atom. The van der Waals surface area contributed by atoms with Crippen LogP contribution in [0.15, 0.2) is 24.4 Å². The van der Waals surface area contributed by atoms with Crippen LogP contribution in [-0.2, 0) is 16.0 Å². The van der Waals surface area contributed by atoms with Crippen LogP contribution in [0.25, 0.3) is 0 Å². The molecule has 1 aromatic carbocycles. The number of halogens is 1. The third-order valence-corrected chi connectivity index (χ3v) is 5.40. The van der Waals surface area contributed by atoms with Crippen molar-refractivity contribution in [2.45, 2.75) is 45.4 Å². The molecule has 1 aliphatic carbocycles. The van der Waals surface area contributed by atoms with E-state index >= 15 is 0 Å². The minimum Gasteiger partial charge on any atom is -0.494 e. The highest BCUT2D eigenvalue weighted by molar-refractivity contribution is 6.28. The van der Waals surface area contributed by atoms with Crippen molar-refractivity contribution >= 4 is 23.4 Å². The van der Waals surface area contributed by atoms with Gasteiger partial charge >= 0.3 is 5.97 Å². The monoisotopic (exact) mass is 417 g/mol. The predicted octanol–water partition coefficient (Wildman–Crippen LogP) is 4.33. The smallest absolute Gasteiger partial charge is 0.306 e. The summed E-state index contributed by atoms with van der Waals surface area (Å²) in [5.41, 5.74) is 3.52. The van der Waals surface area contributed by atoms with Crippen molar-refractivity contribution in [2.75, 3.05) is 31.7 Å². The van der Waals surface area contributed by atoms with Gasteiger partial charge in [0, 0.05) is 25.4 Å². The molecule has 0 aliphatic heterocycles. The highest BCUT2D eigenvalue weighted by Crippen LogP contribution is 2.37. The maximum Gasteiger partial charge on any atom is 0.306 e. The number of nitrogens with zero attached hydrogens (tertiary/aromatic N) is 3. The second-order valence-corrected chi connectivity index (χ2v) is 7.71. The Morgan fingerprint density at radius 2 is 2.21 bits per heavy atom. The molecule has 0 spiro atoms. The summed E-state index contributed by atoms with van der Waals surface area (Å²) in [6.45, 7) is 5.67. The average Bonchev–Trinajstić information content (AvgIpc) is 3.09. The fourth-order valence-electron chi connectivity index (χ4n) is 3.80. The average molecular weight is 418 g/mol. The van der Waals surface area contributed by atoms with Crippen LogP contribution < -0.4 is 9.64 Å². The maximum absolute atomic E-state index is 11.8. The quantitative estimate of drug-likeness (QED) is 0.344. The van der Waals surface area contributed by atoms with Gasteiger partial charge in [0.15, 0.2) is 0 Å². The van der Waals surface area contributed by atoms with Gasteiger partial charge in [-0.1, -0.05) is 6.07 Å². The first-order valence-electron chi connectivity index (χ1n) is 10.1. The number of aromatic nitrogens is 2. The van der Waals surface area contributed by atoms with Gasteiger partial charge in [-0.15, -0.1) is 0 Å². The number of carbonyl (C=O) groups is 1. The molecule has 0 unspecified atom stereocenters. The summed E-state index contributed by atoms with van der Waals surface area (Å²) in [5, 5.41) is 0.258. The SMILES string of the molecule is CCOC(=O)C[C@@H]1CCc2cc(OCCCN(C)c3nc(Cl)ncc3C)ccc21. The highest BCUT2D eigenvalue weighted by atomic mass is 35.5. The zero-order chi connectivity index (χ0) is 20.8. The fraction of sp³-hybridized carbons (Fsp3) is 0.500. The number of benzene rings is 1. The van der Waals surface area contributed by atoms with E-state index in [-0.39, 0.29) is 17.2 Å². The Bertz CT molecular complexity index is 859. The number of aryl methyl sites for hydroxylation is 2. The van der Waals surface area contributed by atoms with Crippen LogP contribution in [0.4, 0.5) is 5.82 Å². The van der Waals surface area contributed by atoms with Gasteiger partial charge < -0.3 is 14.4 Å². The van der Waals surface area contributed by atoms with Gasteiger partial charge in [-0.05, 0) is 73.9 Å². The number of hydrogen-bond acceptors (Lipinski definition) is 6. The van der Waals surface area contributed by atoms with Crippen molar-refractivity contribution in [3.8, 4) is 5.75 Å². The molecule has 7 heteroatoms. The van der Waals surface area contributed by atoms with E-state index in [0.717, 1.165) is 42.9 Å². The van der Waals surface area contributed by atoms with Gasteiger partial charge in [0.1, 0.15) is 11.6 Å². The molecule has 156 valence electrons. The van der Waals surface area contributed by atoms with E-state index in [9.17, 15) is 4.79 Å². The normalized spacial score (nSPS) is 15.1. The van der Waals surface area contributed by atoms with Crippen LogP contribution in [0.5, 0.6) is 5.75 Å². The Hall–Kier alpha value is -2.34. The minimum absolute atomic E-state index is 0.116. The number of carbonyl (C=O) groups excluding carboxylic acids is 1. The lowest BCUT2D eigenvalue weighted by molar-refractivity contribution is -0.143. The molecule has 0 saturated heterocycles. The molecule has 29 heavy (non-hydrogen) atoms. The van der Waals surface area contributed by atoms with Crippen molar-refractivity contribution in [3.05, 3.63) is 46.4 Å². The van der Waals surface area contributed by atoms with Gasteiger partial charge in [-0.25, -0.2) is 9.97 Å². The molecule has 2 aromatic rings. The zero-order valence-corrected chi connectivity index (χ0v) is 18.0. The summed E-state index contributed by atoms with van der Waals surface area (Å²) in [6.07, 6.45) is 5.02. The molecule has 0 fully saturated rings. The van der Waals surface area contributed by atoms with Crippen LogP contribution in [0.3, 0.4) is 0 Å². The minimum atomic E-state index is -0.116. The molecule has 1 atom stereocenters. The Kier molecular flexibility index (Phi) is 7.31. The summed E-state index contributed by atoms with van der Waals surface area (Å²) >= 11 is 5.90. The lowest BCUT2D eigenvalue weighted by atomic mass is 9.98. The number of ether oxygens (including phenoxy) is 2. The standard InChI is InChI=1S/C22H28ClN3O3/c1-4-28-20(27)13-17-7-6-16-12-18(8-9-19(16)17)29-11-5-10-26(3)21-15(2)14-24-22(23)25-21/h8-9,12,14,17H,4-7,10-11,13H2,1-3H3/t17-/m0/s1. The lowest BCUT2D eigenvalue weighted by Gasteiger charge is -2.20. The van der Waals surface area contributed by atoms with Crippen LogP contribution in [0, 0.1) is 6.92 Å². The van der Waals surface area contributed by atoms with Gasteiger partial charge in [0.2, 0.25) is 5.28 Å². The van der Waals surface area contributed by atoms with Gasteiger partial charge in [-0.2, -0.15) is 0 Å². The van der Waals surface area contributed by atoms with Crippen LogP contribution in [-0.4, -0.2) is 42.7 Å². The molecule has 1 aliphatic rings. The van der Waals surface area contributed by atoms with Crippen molar-refractivity contribution in [1.82, 2.24) is 9.97 Å². The fourth-order valence-corrected chi connectivity index (χ4v) is 3.93. The second-order valence-electron chi connectivity index (χ2n) is 7.37. The van der Waals surface area contributed by atoms with Crippen molar-refractivity contribution in [3.63, 3.8) is 0 Å². The number of esters is 1. The van der Waals surface area contributed by atoms with E-state index in [1.807, 2.05) is 27.0 Å². The summed E-state index contributed by atoms with van der Waals surface area (Å²) in [4.78, 5) is 22.1. The third kappa shape index (κ3) is 5.60. The van der Waals surface area contributed by atoms with Crippen LogP contribution in [0.1, 0.15) is 48.8 Å². The summed E-state index contributed by atoms with van der Waals surface area (Å²) < 4.78 is 11.0. The molecule has 0 amide bonds. The highest BCUT2D eigenvalue weighted by Gasteiger charge is 2.25. The first-order valence-corrected chi connectivity index (χ1v) is 10.5. The van der Waals surface area contributed by atoms with E-state index in [2.05, 4.69) is 27.0 Å². The molecule has 0 bridgehead atoms. The van der Waals surface area contributed by atoms with E-state index in [1.54, 1.807) is 6.20 Å². The Labute approximate surface area is 177 Å². The molecule has 3 rings (SSSR count). The van der Waals surface area contributed by atoms with Crippen molar-refractivity contribution < 1.29 is 14.3 Å². The van der Waals surface area contributed by atoms with Crippen molar-refractivity contribution in [2.24, 2.45) is 0 Å². The largest absolute Gasteiger partial charge is 0.494 e. The summed E-state index contributed by atoms with van der Waals surface area (Å²) in [7, 11) is 1.99. The molecule has 1 aromatic heterocycles. The topological polar surface area (TPSA) is 64.6 Å². The Morgan fingerprint density at radius 1 is 1.38 bits per heavy atom. The van der Waals surface area contributed by atoms with Gasteiger partial charge in [0.05, 0.1) is 19.6 Å². The molecule has 6 nitrogen and oxygen atoms in total. The number of rotatable bonds is 9. The molecule has 0 N–H and O–H groups in total. The molecular formula is C22H28ClN3O3. The van der Waals surface area contributed by atoms with E-state index in [0.29, 0.717) is 19.6 Å². The Balaban J connectivity index is 1.48. The lowest BCUT2D eigenvalue weighted by Crippen LogP contribution is -2.22. The number of anilines is 1. The van der Waals surface area contributed by atoms with Gasteiger partial charge in [-0.3, -0.25) is 4.79 Å². The third-order valence-electron chi connectivity index (χ3n) is 5.22. The molecule has 1 heterocycles. The van der Waals surface area contributed by atoms with E-state index in [4.69, 9.17) is 21.1 Å². The number of fused-ring (bicyclic) bond motifs is 1. The first-order chi connectivity index (χ1) is 14.0. The molecule has 0 radical (unpaired) electrons. The van der Waals surface area contributed by atoms with E-state index in [1.165, 1.54) is 11.1 Å². The first kappa shape index (κ1) is 21.4. The second kappa shape index (κ2) is 9.92. The maximum atomic E-state index is 11.8. The van der Waals surface area contributed by atoms with Crippen LogP contribution in [0.2, 0.25) is 5.28 Å². The van der Waals surface area contributed by atoms with Crippen LogP contribution >= 0.6 is 11.6 Å². The van der Waals surface area contributed by atoms with Crippen molar-refractivity contribution in [1.29, 1.82) is 0 Å². The van der Waals surface area contributed by atoms with E-state index < -0.39 is 0 Å². The van der Waals surface area contributed by atoms with Gasteiger partial charge in [0.25, 0.3) is 0 Å². The predicted molar refractivity (Wildman–Crippen MR) is 114 cm³/mol. The molecular weight excluding hydrogens is 390 g/mol. The molecule has 0 saturated carbocycles.